The number of carbonyl (C=O) groups is 2. The number of methoxy groups -OCH3 is 2. The zero-order valence-corrected chi connectivity index (χ0v) is 19.9. The van der Waals surface area contributed by atoms with Gasteiger partial charge in [0.05, 0.1) is 30.7 Å². The van der Waals surface area contributed by atoms with Crippen molar-refractivity contribution in [3.05, 3.63) is 93.5 Å². The number of hydrogen-bond acceptors (Lipinski definition) is 6. The van der Waals surface area contributed by atoms with E-state index in [0.29, 0.717) is 28.3 Å². The molecule has 178 valence electrons. The van der Waals surface area contributed by atoms with Crippen molar-refractivity contribution in [1.82, 2.24) is 9.55 Å². The molecule has 8 heteroatoms. The third kappa shape index (κ3) is 4.77. The number of aryl methyl sites for hydroxylation is 2. The lowest BCUT2D eigenvalue weighted by Gasteiger charge is -2.16. The Bertz CT molecular complexity index is 1490. The summed E-state index contributed by atoms with van der Waals surface area (Å²) in [6.45, 7) is 3.77. The molecule has 0 spiro atoms. The molecule has 0 aliphatic heterocycles. The number of nitrogens with zero attached hydrogens (tertiary/aromatic N) is 2. The smallest absolute Gasteiger partial charge is 0.244 e. The molecule has 4 rings (SSSR count). The van der Waals surface area contributed by atoms with Crippen LogP contribution in [0.25, 0.3) is 10.9 Å². The first-order chi connectivity index (χ1) is 16.8. The maximum Gasteiger partial charge on any atom is 0.244 e. The van der Waals surface area contributed by atoms with Gasteiger partial charge in [-0.05, 0) is 43.7 Å². The minimum absolute atomic E-state index is 0.0600. The minimum atomic E-state index is -0.464. The van der Waals surface area contributed by atoms with Crippen LogP contribution < -0.4 is 20.2 Å². The van der Waals surface area contributed by atoms with Crippen LogP contribution in [0.5, 0.6) is 11.5 Å². The Labute approximate surface area is 202 Å². The van der Waals surface area contributed by atoms with Crippen LogP contribution in [0, 0.1) is 13.8 Å². The number of nitrogens with one attached hydrogen (secondary N) is 1. The first-order valence-corrected chi connectivity index (χ1v) is 10.9. The number of amides is 1. The van der Waals surface area contributed by atoms with Gasteiger partial charge >= 0.3 is 0 Å². The van der Waals surface area contributed by atoms with Crippen LogP contribution in [-0.4, -0.2) is 35.5 Å². The third-order valence-corrected chi connectivity index (χ3v) is 5.74. The molecule has 0 unspecified atom stereocenters. The standard InChI is InChI=1S/C27H25N3O5/c1-16-5-6-21(17(2)11-16)29-25(31)15-30-14-20(26(32)18-7-9-28-10-8-18)27(33)19-12-23(34-3)24(35-4)13-22(19)30/h5-14H,15H2,1-4H3,(H,29,31). The maximum absolute atomic E-state index is 13.4. The van der Waals surface area contributed by atoms with E-state index < -0.39 is 11.2 Å². The third-order valence-electron chi connectivity index (χ3n) is 5.74. The van der Waals surface area contributed by atoms with E-state index in [1.54, 1.807) is 10.6 Å². The van der Waals surface area contributed by atoms with E-state index in [0.717, 1.165) is 11.1 Å². The quantitative estimate of drug-likeness (QED) is 0.411. The van der Waals surface area contributed by atoms with Crippen LogP contribution in [0.4, 0.5) is 5.69 Å². The first-order valence-electron chi connectivity index (χ1n) is 10.9. The molecule has 0 atom stereocenters. The zero-order valence-electron chi connectivity index (χ0n) is 19.9. The fourth-order valence-electron chi connectivity index (χ4n) is 3.97. The minimum Gasteiger partial charge on any atom is -0.493 e. The van der Waals surface area contributed by atoms with Crippen molar-refractivity contribution < 1.29 is 19.1 Å². The molecule has 1 N–H and O–H groups in total. The summed E-state index contributed by atoms with van der Waals surface area (Å²) < 4.78 is 12.3. The van der Waals surface area contributed by atoms with Crippen LogP contribution in [-0.2, 0) is 11.3 Å². The number of anilines is 1. The lowest BCUT2D eigenvalue weighted by molar-refractivity contribution is -0.116. The first kappa shape index (κ1) is 23.7. The Hall–Kier alpha value is -4.46. The van der Waals surface area contributed by atoms with Crippen molar-refractivity contribution in [3.8, 4) is 11.5 Å². The van der Waals surface area contributed by atoms with Crippen LogP contribution in [0.1, 0.15) is 27.0 Å². The molecule has 1 amide bonds. The molecular weight excluding hydrogens is 446 g/mol. The number of rotatable bonds is 7. The van der Waals surface area contributed by atoms with E-state index in [2.05, 4.69) is 10.3 Å². The number of fused-ring (bicyclic) bond motifs is 1. The van der Waals surface area contributed by atoms with Crippen molar-refractivity contribution in [2.45, 2.75) is 20.4 Å². The molecular formula is C27H25N3O5. The lowest BCUT2D eigenvalue weighted by atomic mass is 10.0. The molecule has 0 fully saturated rings. The summed E-state index contributed by atoms with van der Waals surface area (Å²) in [6.07, 6.45) is 4.39. The monoisotopic (exact) mass is 471 g/mol. The summed E-state index contributed by atoms with van der Waals surface area (Å²) in [5.41, 5.74) is 2.95. The van der Waals surface area contributed by atoms with Gasteiger partial charge in [0, 0.05) is 35.9 Å². The summed E-state index contributed by atoms with van der Waals surface area (Å²) in [7, 11) is 2.95. The highest BCUT2D eigenvalue weighted by atomic mass is 16.5. The number of carbonyl (C=O) groups excluding carboxylic acids is 2. The fraction of sp³-hybridized carbons (Fsp3) is 0.185. The van der Waals surface area contributed by atoms with Gasteiger partial charge in [0.25, 0.3) is 0 Å². The predicted octanol–water partition coefficient (Wildman–Crippen LogP) is 3.90. The molecule has 0 radical (unpaired) electrons. The Kier molecular flexibility index (Phi) is 6.64. The van der Waals surface area contributed by atoms with E-state index >= 15 is 0 Å². The topological polar surface area (TPSA) is 99.5 Å². The number of aromatic nitrogens is 2. The summed E-state index contributed by atoms with van der Waals surface area (Å²) >= 11 is 0. The van der Waals surface area contributed by atoms with Crippen molar-refractivity contribution in [2.75, 3.05) is 19.5 Å². The van der Waals surface area contributed by atoms with Crippen LogP contribution in [0.2, 0.25) is 0 Å². The number of ketones is 1. The molecule has 0 saturated carbocycles. The highest BCUT2D eigenvalue weighted by Gasteiger charge is 2.20. The summed E-state index contributed by atoms with van der Waals surface area (Å²) in [4.78, 5) is 43.5. The van der Waals surface area contributed by atoms with Gasteiger partial charge in [0.1, 0.15) is 6.54 Å². The maximum atomic E-state index is 13.4. The van der Waals surface area contributed by atoms with Gasteiger partial charge in [-0.3, -0.25) is 19.4 Å². The number of ether oxygens (including phenoxy) is 2. The van der Waals surface area contributed by atoms with Gasteiger partial charge in [-0.15, -0.1) is 0 Å². The second-order valence-electron chi connectivity index (χ2n) is 8.16. The Morgan fingerprint density at radius 3 is 2.31 bits per heavy atom. The van der Waals surface area contributed by atoms with Gasteiger partial charge in [-0.25, -0.2) is 0 Å². The molecule has 0 saturated heterocycles. The van der Waals surface area contributed by atoms with Crippen LogP contribution >= 0.6 is 0 Å². The van der Waals surface area contributed by atoms with Crippen molar-refractivity contribution in [3.63, 3.8) is 0 Å². The molecule has 0 bridgehead atoms. The van der Waals surface area contributed by atoms with Crippen molar-refractivity contribution in [2.24, 2.45) is 0 Å². The number of benzene rings is 2. The molecule has 0 aliphatic carbocycles. The second kappa shape index (κ2) is 9.80. The van der Waals surface area contributed by atoms with Gasteiger partial charge in [-0.1, -0.05) is 17.7 Å². The Morgan fingerprint density at radius 1 is 0.971 bits per heavy atom. The van der Waals surface area contributed by atoms with Gasteiger partial charge in [-0.2, -0.15) is 0 Å². The van der Waals surface area contributed by atoms with E-state index in [9.17, 15) is 14.4 Å². The number of pyridine rings is 2. The molecule has 2 heterocycles. The zero-order chi connectivity index (χ0) is 25.1. The van der Waals surface area contributed by atoms with Gasteiger partial charge in [0.2, 0.25) is 11.3 Å². The Morgan fingerprint density at radius 2 is 1.66 bits per heavy atom. The molecule has 0 aliphatic rings. The van der Waals surface area contributed by atoms with E-state index in [1.165, 1.54) is 51.0 Å². The van der Waals surface area contributed by atoms with Gasteiger partial charge in [0.15, 0.2) is 17.3 Å². The molecule has 2 aromatic heterocycles. The van der Waals surface area contributed by atoms with Gasteiger partial charge < -0.3 is 19.4 Å². The second-order valence-corrected chi connectivity index (χ2v) is 8.16. The average molecular weight is 472 g/mol. The molecule has 8 nitrogen and oxygen atoms in total. The summed E-state index contributed by atoms with van der Waals surface area (Å²) in [5.74, 6) is -0.0235. The largest absolute Gasteiger partial charge is 0.493 e. The van der Waals surface area contributed by atoms with E-state index in [1.807, 2.05) is 32.0 Å². The van der Waals surface area contributed by atoms with E-state index in [4.69, 9.17) is 9.47 Å². The normalized spacial score (nSPS) is 10.7. The fourth-order valence-corrected chi connectivity index (χ4v) is 3.97. The highest BCUT2D eigenvalue weighted by Crippen LogP contribution is 2.31. The summed E-state index contributed by atoms with van der Waals surface area (Å²) in [6, 6.07) is 12.0. The molecule has 35 heavy (non-hydrogen) atoms. The van der Waals surface area contributed by atoms with Crippen molar-refractivity contribution in [1.29, 1.82) is 0 Å². The molecule has 2 aromatic carbocycles. The molecule has 4 aromatic rings. The van der Waals surface area contributed by atoms with Crippen molar-refractivity contribution >= 4 is 28.3 Å². The Balaban J connectivity index is 1.83. The highest BCUT2D eigenvalue weighted by molar-refractivity contribution is 6.10. The number of hydrogen-bond donors (Lipinski definition) is 1. The van der Waals surface area contributed by atoms with Crippen LogP contribution in [0.3, 0.4) is 0 Å². The lowest BCUT2D eigenvalue weighted by Crippen LogP contribution is -2.24. The van der Waals surface area contributed by atoms with Crippen LogP contribution in [0.15, 0.2) is 65.8 Å². The average Bonchev–Trinajstić information content (AvgIpc) is 2.86. The van der Waals surface area contributed by atoms with E-state index in [-0.39, 0.29) is 23.4 Å². The summed E-state index contributed by atoms with van der Waals surface area (Å²) in [5, 5.41) is 3.15. The SMILES string of the molecule is COc1cc2c(=O)c(C(=O)c3ccncc3)cn(CC(=O)Nc3ccc(C)cc3C)c2cc1OC. The predicted molar refractivity (Wildman–Crippen MR) is 134 cm³/mol.